The lowest BCUT2D eigenvalue weighted by Crippen LogP contribution is -2.47. The number of benzene rings is 3. The number of anilines is 2. The fourth-order valence-corrected chi connectivity index (χ4v) is 8.27. The number of amides is 1. The summed E-state index contributed by atoms with van der Waals surface area (Å²) in [5, 5.41) is 49.7. The minimum Gasteiger partial charge on any atom is -0.494 e. The van der Waals surface area contributed by atoms with Gasteiger partial charge in [0, 0.05) is 59.9 Å². The molecule has 0 bridgehead atoms. The lowest BCUT2D eigenvalue weighted by Gasteiger charge is -2.33. The van der Waals surface area contributed by atoms with Crippen molar-refractivity contribution in [3.05, 3.63) is 71.0 Å². The highest BCUT2D eigenvalue weighted by atomic mass is 19.4. The van der Waals surface area contributed by atoms with E-state index in [9.17, 15) is 38.4 Å². The van der Waals surface area contributed by atoms with Crippen molar-refractivity contribution in [3.63, 3.8) is 0 Å². The zero-order chi connectivity index (χ0) is 45.2. The number of hydrogen-bond donors (Lipinski definition) is 7. The molecule has 7 rings (SSSR count). The van der Waals surface area contributed by atoms with E-state index in [2.05, 4.69) is 32.4 Å². The van der Waals surface area contributed by atoms with Crippen molar-refractivity contribution < 1.29 is 47.9 Å². The highest BCUT2D eigenvalue weighted by Crippen LogP contribution is 2.48. The van der Waals surface area contributed by atoms with E-state index in [-0.39, 0.29) is 28.8 Å². The van der Waals surface area contributed by atoms with Gasteiger partial charge in [0.05, 0.1) is 42.3 Å². The maximum absolute atomic E-state index is 13.6. The third-order valence-corrected chi connectivity index (χ3v) is 11.9. The summed E-state index contributed by atoms with van der Waals surface area (Å²) in [6.45, 7) is 4.31. The zero-order valence-corrected chi connectivity index (χ0v) is 35.7. The lowest BCUT2D eigenvalue weighted by atomic mass is 10.0. The van der Waals surface area contributed by atoms with Crippen LogP contribution in [0, 0.1) is 24.2 Å². The highest BCUT2D eigenvalue weighted by Gasteiger charge is 2.45. The Hall–Kier alpha value is -5.96. The van der Waals surface area contributed by atoms with Gasteiger partial charge in [-0.15, -0.1) is 0 Å². The number of methoxy groups -OCH3 is 1. The summed E-state index contributed by atoms with van der Waals surface area (Å²) < 4.78 is 54.0. The van der Waals surface area contributed by atoms with Crippen molar-refractivity contribution in [1.82, 2.24) is 24.8 Å². The Balaban J connectivity index is 0.917. The van der Waals surface area contributed by atoms with Gasteiger partial charge in [0.15, 0.2) is 11.5 Å². The van der Waals surface area contributed by atoms with E-state index in [0.29, 0.717) is 101 Å². The molecule has 5 aromatic rings. The zero-order valence-electron chi connectivity index (χ0n) is 35.7. The average Bonchev–Trinajstić information content (AvgIpc) is 3.95. The van der Waals surface area contributed by atoms with E-state index >= 15 is 0 Å². The molecular formula is C46H54F3N7O7. The van der Waals surface area contributed by atoms with E-state index < -0.39 is 36.3 Å². The summed E-state index contributed by atoms with van der Waals surface area (Å²) in [7, 11) is 3.33. The number of aliphatic hydroxyl groups excluding tert-OH is 2. The number of aryl methyl sites for hydroxylation is 1. The number of fused-ring (bicyclic) bond motifs is 2. The summed E-state index contributed by atoms with van der Waals surface area (Å²) in [5.74, 6) is 7.70. The number of hydrogen-bond acceptors (Lipinski definition) is 12. The van der Waals surface area contributed by atoms with E-state index in [1.807, 2.05) is 0 Å². The second kappa shape index (κ2) is 18.4. The molecule has 3 aromatic carbocycles. The molecule has 2 fully saturated rings. The number of carbonyl (C=O) groups is 1. The summed E-state index contributed by atoms with van der Waals surface area (Å²) in [4.78, 5) is 24.1. The largest absolute Gasteiger partial charge is 0.494 e. The first kappa shape index (κ1) is 45.1. The van der Waals surface area contributed by atoms with Crippen molar-refractivity contribution in [2.45, 2.75) is 102 Å². The van der Waals surface area contributed by atoms with Gasteiger partial charge in [-0.2, -0.15) is 13.2 Å². The van der Waals surface area contributed by atoms with E-state index in [4.69, 9.17) is 15.2 Å². The van der Waals surface area contributed by atoms with E-state index in [1.165, 1.54) is 17.7 Å². The molecule has 63 heavy (non-hydrogen) atoms. The molecule has 1 amide bonds. The maximum atomic E-state index is 13.6. The van der Waals surface area contributed by atoms with Crippen molar-refractivity contribution in [1.29, 1.82) is 0 Å². The van der Waals surface area contributed by atoms with Crippen LogP contribution in [0.1, 0.15) is 99.3 Å². The molecule has 17 heteroatoms. The predicted molar refractivity (Wildman–Crippen MR) is 232 cm³/mol. The van der Waals surface area contributed by atoms with E-state index in [0.717, 1.165) is 37.8 Å². The Kier molecular flexibility index (Phi) is 13.2. The van der Waals surface area contributed by atoms with Crippen LogP contribution >= 0.6 is 0 Å². The maximum Gasteiger partial charge on any atom is 0.416 e. The van der Waals surface area contributed by atoms with Crippen LogP contribution in [0.4, 0.5) is 24.7 Å². The van der Waals surface area contributed by atoms with Crippen LogP contribution in [0.3, 0.4) is 0 Å². The summed E-state index contributed by atoms with van der Waals surface area (Å²) in [6.07, 6.45) is -0.895. The third-order valence-electron chi connectivity index (χ3n) is 11.9. The number of unbranched alkanes of at least 4 members (excludes halogenated alkanes) is 3. The predicted octanol–water partition coefficient (Wildman–Crippen LogP) is 7.27. The van der Waals surface area contributed by atoms with Gasteiger partial charge in [0.2, 0.25) is 17.7 Å². The SMILES string of the molecule is COc1cc2nc(C)nc(N[C@H](C)c3cc(N)cc(C(F)(F)F)c3)c2cc1OCC1(CN(C)C(=O)CCCCCC#Cc2cccc3c(O)n(C4CCC(O)NC4O)c(O)c23)CC1. The van der Waals surface area contributed by atoms with Gasteiger partial charge in [-0.25, -0.2) is 9.97 Å². The van der Waals surface area contributed by atoms with Crippen molar-refractivity contribution in [2.24, 2.45) is 5.41 Å². The van der Waals surface area contributed by atoms with Gasteiger partial charge >= 0.3 is 6.18 Å². The monoisotopic (exact) mass is 873 g/mol. The second-order valence-corrected chi connectivity index (χ2v) is 16.8. The van der Waals surface area contributed by atoms with Crippen LogP contribution in [-0.2, 0) is 11.0 Å². The number of aromatic nitrogens is 3. The fourth-order valence-electron chi connectivity index (χ4n) is 8.27. The smallest absolute Gasteiger partial charge is 0.416 e. The molecular weight excluding hydrogens is 820 g/mol. The van der Waals surface area contributed by atoms with Crippen LogP contribution in [0.15, 0.2) is 48.5 Å². The molecule has 0 radical (unpaired) electrons. The molecule has 8 N–H and O–H groups in total. The number of aliphatic hydroxyl groups is 2. The molecule has 4 atom stereocenters. The first-order chi connectivity index (χ1) is 30.0. The average molecular weight is 874 g/mol. The number of ether oxygens (including phenoxy) is 2. The van der Waals surface area contributed by atoms with Crippen LogP contribution in [0.25, 0.3) is 21.7 Å². The van der Waals surface area contributed by atoms with Gasteiger partial charge in [-0.3, -0.25) is 14.7 Å². The number of piperidine rings is 1. The fraction of sp³-hybridized carbons (Fsp3) is 0.457. The number of nitrogens with one attached hydrogen (secondary N) is 2. The molecule has 336 valence electrons. The van der Waals surface area contributed by atoms with Gasteiger partial charge in [-0.05, 0) is 94.3 Å². The Labute approximate surface area is 363 Å². The molecule has 0 spiro atoms. The van der Waals surface area contributed by atoms with Crippen LogP contribution < -0.4 is 25.8 Å². The number of nitrogen functional groups attached to an aromatic ring is 1. The van der Waals surface area contributed by atoms with Crippen molar-refractivity contribution >= 4 is 39.1 Å². The van der Waals surface area contributed by atoms with Gasteiger partial charge < -0.3 is 45.9 Å². The molecule has 2 aromatic heterocycles. The Morgan fingerprint density at radius 1 is 1.06 bits per heavy atom. The first-order valence-electron chi connectivity index (χ1n) is 21.1. The van der Waals surface area contributed by atoms with Gasteiger partial charge in [0.25, 0.3) is 0 Å². The number of nitrogens with two attached hydrogens (primary N) is 1. The molecule has 1 aliphatic carbocycles. The second-order valence-electron chi connectivity index (χ2n) is 16.8. The Morgan fingerprint density at radius 3 is 2.56 bits per heavy atom. The lowest BCUT2D eigenvalue weighted by molar-refractivity contribution is -0.137. The van der Waals surface area contributed by atoms with Crippen LogP contribution in [0.2, 0.25) is 0 Å². The van der Waals surface area contributed by atoms with Crippen LogP contribution in [-0.4, -0.2) is 85.5 Å². The Morgan fingerprint density at radius 2 is 1.84 bits per heavy atom. The summed E-state index contributed by atoms with van der Waals surface area (Å²) in [5.41, 5.74) is 6.23. The summed E-state index contributed by atoms with van der Waals surface area (Å²) in [6, 6.07) is 10.9. The van der Waals surface area contributed by atoms with Crippen molar-refractivity contribution in [2.75, 3.05) is 38.4 Å². The molecule has 1 saturated carbocycles. The molecule has 1 saturated heterocycles. The number of carbonyl (C=O) groups excluding carboxylic acids is 1. The molecule has 1 aliphatic heterocycles. The quantitative estimate of drug-likeness (QED) is 0.0316. The number of aromatic hydroxyl groups is 2. The minimum absolute atomic E-state index is 0.00191. The number of alkyl halides is 3. The molecule has 2 aliphatic rings. The number of halogens is 3. The third kappa shape index (κ3) is 10.1. The summed E-state index contributed by atoms with van der Waals surface area (Å²) >= 11 is 0. The van der Waals surface area contributed by atoms with E-state index in [1.54, 1.807) is 56.1 Å². The number of rotatable bonds is 15. The minimum atomic E-state index is -4.55. The van der Waals surface area contributed by atoms with Crippen molar-refractivity contribution in [3.8, 4) is 35.1 Å². The normalized spacial score (nSPS) is 18.7. The standard InChI is InChI=1S/C46H54F3N7O7/c1-26(29-19-30(46(47,48)49)21-31(50)20-29)51-41-33-22-37(36(62-4)23-34(33)52-27(2)53-41)63-25-45(17-18-45)24-55(3)39(58)14-9-7-5-6-8-11-28-12-10-13-32-40(28)44(61)56(43(32)60)35-15-16-38(57)54-42(35)59/h10,12-13,19-23,26,35,38,42,54,57,59-61H,5-7,9,14-18,24-25,50H2,1-4H3,(H,51,52,53)/t26-,35?,38?,42?/m1/s1. The van der Waals surface area contributed by atoms with Crippen LogP contribution in [0.5, 0.6) is 23.3 Å². The molecule has 3 heterocycles. The topological polar surface area (TPSA) is 200 Å². The number of nitrogens with zero attached hydrogens (tertiary/aromatic N) is 4. The first-order valence-corrected chi connectivity index (χ1v) is 21.1. The molecule has 3 unspecified atom stereocenters. The van der Waals surface area contributed by atoms with Gasteiger partial charge in [0.1, 0.15) is 24.1 Å². The Bertz CT molecular complexity index is 2550. The highest BCUT2D eigenvalue weighted by molar-refractivity contribution is 5.97. The molecule has 14 nitrogen and oxygen atoms in total. The van der Waals surface area contributed by atoms with Gasteiger partial charge in [-0.1, -0.05) is 24.3 Å².